The molecule has 1 fully saturated rings. The van der Waals surface area contributed by atoms with E-state index in [-0.39, 0.29) is 31.2 Å². The molecule has 2 N–H and O–H groups in total. The van der Waals surface area contributed by atoms with Gasteiger partial charge in [-0.3, -0.25) is 9.36 Å². The summed E-state index contributed by atoms with van der Waals surface area (Å²) in [5.41, 5.74) is 3.04. The van der Waals surface area contributed by atoms with Gasteiger partial charge in [-0.15, -0.1) is 0 Å². The molecule has 10 nitrogen and oxygen atoms in total. The van der Waals surface area contributed by atoms with Gasteiger partial charge in [-0.05, 0) is 46.3 Å². The molecular formula is C23H28BrN5O5. The average molecular weight is 534 g/mol. The summed E-state index contributed by atoms with van der Waals surface area (Å²) in [6.07, 6.45) is 3.52. The Hall–Kier alpha value is -2.76. The van der Waals surface area contributed by atoms with Crippen LogP contribution in [0.5, 0.6) is 6.01 Å². The lowest BCUT2D eigenvalue weighted by molar-refractivity contribution is -0.139. The maximum Gasteiger partial charge on any atom is 0.320 e. The summed E-state index contributed by atoms with van der Waals surface area (Å²) in [7, 11) is 1.38. The van der Waals surface area contributed by atoms with Gasteiger partial charge in [0.15, 0.2) is 21.7 Å². The average Bonchev–Trinajstić information content (AvgIpc) is 3.15. The number of ether oxygens (including phenoxy) is 3. The SMILES string of the molecule is COC(=O)Cc1cccc(Cn2c(Br)nc3c(NC4CCCCO4)nc(OCCCO)nc32)c1. The molecule has 182 valence electrons. The maximum absolute atomic E-state index is 11.7. The molecule has 1 atom stereocenters. The van der Waals surface area contributed by atoms with Gasteiger partial charge in [0.2, 0.25) is 0 Å². The lowest BCUT2D eigenvalue weighted by Gasteiger charge is -2.24. The smallest absolute Gasteiger partial charge is 0.320 e. The van der Waals surface area contributed by atoms with Gasteiger partial charge in [-0.1, -0.05) is 24.3 Å². The van der Waals surface area contributed by atoms with E-state index in [1.54, 1.807) is 0 Å². The highest BCUT2D eigenvalue weighted by molar-refractivity contribution is 9.10. The second-order valence-corrected chi connectivity index (χ2v) is 8.70. The Morgan fingerprint density at radius 2 is 2.15 bits per heavy atom. The topological polar surface area (TPSA) is 121 Å². The standard InChI is InChI=1S/C23H28BrN5O5/c1-32-18(31)13-15-6-4-7-16(12-15)14-29-21-19(26-22(29)24)20(25-17-8-2-3-10-33-17)27-23(28-21)34-11-5-9-30/h4,6-7,12,17,30H,2-3,5,8-11,13-14H2,1H3,(H,25,27,28). The molecule has 3 aromatic rings. The lowest BCUT2D eigenvalue weighted by Crippen LogP contribution is -2.28. The van der Waals surface area contributed by atoms with Crippen molar-refractivity contribution in [2.75, 3.05) is 32.2 Å². The van der Waals surface area contributed by atoms with Gasteiger partial charge in [0, 0.05) is 19.6 Å². The number of nitrogens with zero attached hydrogens (tertiary/aromatic N) is 4. The predicted octanol–water partition coefficient (Wildman–Crippen LogP) is 3.05. The number of hydrogen-bond acceptors (Lipinski definition) is 9. The molecule has 0 saturated carbocycles. The van der Waals surface area contributed by atoms with Crippen molar-refractivity contribution >= 4 is 38.9 Å². The fourth-order valence-electron chi connectivity index (χ4n) is 3.75. The molecule has 11 heteroatoms. The number of benzene rings is 1. The number of esters is 1. The van der Waals surface area contributed by atoms with Gasteiger partial charge < -0.3 is 24.6 Å². The largest absolute Gasteiger partial charge is 0.469 e. The number of hydrogen-bond donors (Lipinski definition) is 2. The number of rotatable bonds is 10. The third-order valence-electron chi connectivity index (χ3n) is 5.45. The third kappa shape index (κ3) is 6.02. The molecule has 1 aromatic carbocycles. The highest BCUT2D eigenvalue weighted by Crippen LogP contribution is 2.29. The van der Waals surface area contributed by atoms with Gasteiger partial charge in [-0.25, -0.2) is 4.98 Å². The van der Waals surface area contributed by atoms with Gasteiger partial charge in [-0.2, -0.15) is 9.97 Å². The predicted molar refractivity (Wildman–Crippen MR) is 129 cm³/mol. The van der Waals surface area contributed by atoms with E-state index >= 15 is 0 Å². The van der Waals surface area contributed by atoms with Crippen LogP contribution in [0.4, 0.5) is 5.82 Å². The van der Waals surface area contributed by atoms with Crippen molar-refractivity contribution in [3.63, 3.8) is 0 Å². The summed E-state index contributed by atoms with van der Waals surface area (Å²) >= 11 is 3.56. The molecule has 1 saturated heterocycles. The van der Waals surface area contributed by atoms with Crippen LogP contribution in [0.2, 0.25) is 0 Å². The Morgan fingerprint density at radius 3 is 2.91 bits per heavy atom. The molecule has 0 radical (unpaired) electrons. The normalized spacial score (nSPS) is 15.9. The van der Waals surface area contributed by atoms with E-state index in [4.69, 9.17) is 19.3 Å². The van der Waals surface area contributed by atoms with E-state index in [0.29, 0.717) is 47.9 Å². The van der Waals surface area contributed by atoms with Gasteiger partial charge in [0.25, 0.3) is 0 Å². The highest BCUT2D eigenvalue weighted by Gasteiger charge is 2.21. The molecule has 1 aliphatic rings. The molecule has 1 unspecified atom stereocenters. The van der Waals surface area contributed by atoms with Crippen LogP contribution in [0.3, 0.4) is 0 Å². The molecule has 3 heterocycles. The zero-order chi connectivity index (χ0) is 23.9. The van der Waals surface area contributed by atoms with Crippen LogP contribution in [0.25, 0.3) is 11.2 Å². The number of methoxy groups -OCH3 is 1. The highest BCUT2D eigenvalue weighted by atomic mass is 79.9. The summed E-state index contributed by atoms with van der Waals surface area (Å²) in [5, 5.41) is 12.4. The molecule has 0 amide bonds. The molecule has 2 aromatic heterocycles. The molecular weight excluding hydrogens is 506 g/mol. The van der Waals surface area contributed by atoms with Crippen molar-refractivity contribution < 1.29 is 24.1 Å². The second kappa shape index (κ2) is 11.6. The summed E-state index contributed by atoms with van der Waals surface area (Å²) in [6, 6.07) is 7.94. The first-order chi connectivity index (χ1) is 16.6. The zero-order valence-corrected chi connectivity index (χ0v) is 20.6. The molecule has 0 bridgehead atoms. The van der Waals surface area contributed by atoms with Crippen LogP contribution in [0, 0.1) is 0 Å². The third-order valence-corrected chi connectivity index (χ3v) is 6.05. The first-order valence-electron chi connectivity index (χ1n) is 11.3. The van der Waals surface area contributed by atoms with E-state index in [2.05, 4.69) is 36.2 Å². The Morgan fingerprint density at radius 1 is 1.29 bits per heavy atom. The molecule has 34 heavy (non-hydrogen) atoms. The van der Waals surface area contributed by atoms with Crippen molar-refractivity contribution in [1.29, 1.82) is 0 Å². The number of aliphatic hydroxyl groups excluding tert-OH is 1. The maximum atomic E-state index is 11.7. The zero-order valence-electron chi connectivity index (χ0n) is 19.0. The van der Waals surface area contributed by atoms with Crippen molar-refractivity contribution in [3.05, 3.63) is 40.1 Å². The number of imidazole rings is 1. The minimum atomic E-state index is -0.288. The number of carbonyl (C=O) groups excluding carboxylic acids is 1. The van der Waals surface area contributed by atoms with Crippen LogP contribution in [-0.2, 0) is 27.2 Å². The molecule has 0 aliphatic carbocycles. The van der Waals surface area contributed by atoms with Crippen LogP contribution in [0.15, 0.2) is 29.0 Å². The summed E-state index contributed by atoms with van der Waals surface area (Å²) in [4.78, 5) is 25.5. The summed E-state index contributed by atoms with van der Waals surface area (Å²) in [6.45, 7) is 1.49. The van der Waals surface area contributed by atoms with Crippen molar-refractivity contribution in [3.8, 4) is 6.01 Å². The van der Waals surface area contributed by atoms with E-state index in [1.165, 1.54) is 7.11 Å². The summed E-state index contributed by atoms with van der Waals surface area (Å²) in [5.74, 6) is 0.249. The van der Waals surface area contributed by atoms with Crippen molar-refractivity contribution in [1.82, 2.24) is 19.5 Å². The number of anilines is 1. The Bertz CT molecular complexity index is 1130. The van der Waals surface area contributed by atoms with Crippen molar-refractivity contribution in [2.24, 2.45) is 0 Å². The molecule has 1 aliphatic heterocycles. The number of carbonyl (C=O) groups is 1. The number of halogens is 1. The monoisotopic (exact) mass is 533 g/mol. The van der Waals surface area contributed by atoms with Gasteiger partial charge >= 0.3 is 12.0 Å². The Kier molecular flexibility index (Phi) is 8.30. The number of fused-ring (bicyclic) bond motifs is 1. The number of aromatic nitrogens is 4. The minimum absolute atomic E-state index is 0.0225. The fraction of sp³-hybridized carbons (Fsp3) is 0.478. The summed E-state index contributed by atoms with van der Waals surface area (Å²) < 4.78 is 18.8. The first kappa shape index (κ1) is 24.4. The fourth-order valence-corrected chi connectivity index (χ4v) is 4.22. The second-order valence-electron chi connectivity index (χ2n) is 7.99. The van der Waals surface area contributed by atoms with Crippen LogP contribution in [0.1, 0.15) is 36.8 Å². The Balaban J connectivity index is 1.67. The number of nitrogens with one attached hydrogen (secondary N) is 1. The molecule has 0 spiro atoms. The Labute approximate surface area is 205 Å². The first-order valence-corrected chi connectivity index (χ1v) is 12.1. The van der Waals surface area contributed by atoms with E-state index in [1.807, 2.05) is 28.8 Å². The minimum Gasteiger partial charge on any atom is -0.469 e. The van der Waals surface area contributed by atoms with E-state index < -0.39 is 0 Å². The quantitative estimate of drug-likeness (QED) is 0.230. The van der Waals surface area contributed by atoms with Gasteiger partial charge in [0.05, 0.1) is 26.7 Å². The van der Waals surface area contributed by atoms with Crippen LogP contribution in [-0.4, -0.2) is 63.8 Å². The van der Waals surface area contributed by atoms with Crippen molar-refractivity contribution in [2.45, 2.75) is 44.9 Å². The molecule has 4 rings (SSSR count). The lowest BCUT2D eigenvalue weighted by atomic mass is 10.1. The number of aliphatic hydroxyl groups is 1. The van der Waals surface area contributed by atoms with Crippen LogP contribution >= 0.6 is 15.9 Å². The van der Waals surface area contributed by atoms with E-state index in [9.17, 15) is 4.79 Å². The van der Waals surface area contributed by atoms with E-state index in [0.717, 1.165) is 30.4 Å². The van der Waals surface area contributed by atoms with Crippen LogP contribution < -0.4 is 10.1 Å². The van der Waals surface area contributed by atoms with Gasteiger partial charge in [0.1, 0.15) is 6.23 Å².